The molecular weight excluding hydrogens is 208 g/mol. The number of hydrogen-bond donors (Lipinski definition) is 0. The quantitative estimate of drug-likeness (QED) is 0.532. The molecule has 1 aliphatic heterocycles. The summed E-state index contributed by atoms with van der Waals surface area (Å²) in [4.78, 5) is 27.0. The van der Waals surface area contributed by atoms with Crippen molar-refractivity contribution in [2.24, 2.45) is 0 Å². The summed E-state index contributed by atoms with van der Waals surface area (Å²) >= 11 is 1.28. The van der Waals surface area contributed by atoms with Crippen LogP contribution in [0.2, 0.25) is 0 Å². The van der Waals surface area contributed by atoms with Crippen molar-refractivity contribution in [2.45, 2.75) is 0 Å². The Hall–Kier alpha value is -1.70. The fourth-order valence-electron chi connectivity index (χ4n) is 1.20. The van der Waals surface area contributed by atoms with Crippen molar-refractivity contribution >= 4 is 22.5 Å². The summed E-state index contributed by atoms with van der Waals surface area (Å²) < 4.78 is 0. The topological polar surface area (TPSA) is 79.6 Å². The van der Waals surface area contributed by atoms with E-state index in [2.05, 4.69) is 4.98 Å². The number of nitrogens with zero attached hydrogens (tertiary/aromatic N) is 4. The van der Waals surface area contributed by atoms with Gasteiger partial charge in [0.1, 0.15) is 6.54 Å². The maximum absolute atomic E-state index is 11.4. The van der Waals surface area contributed by atoms with Gasteiger partial charge in [-0.25, -0.2) is 19.9 Å². The number of carbonyl (C=O) groups excluding carboxylic acids is 1. The largest absolute Gasteiger partial charge is 0.384 e. The molecule has 1 aromatic rings. The predicted molar refractivity (Wildman–Crippen MR) is 48.6 cm³/mol. The van der Waals surface area contributed by atoms with Crippen molar-refractivity contribution in [3.8, 4) is 0 Å². The standard InChI is InChI=1S/C6H6N4O3S/c11-6-8(5-7-1-4-14-5)2-3-9(6)10(12)13/h1,4H,2-3H2. The van der Waals surface area contributed by atoms with Crippen LogP contribution in [-0.2, 0) is 0 Å². The smallest absolute Gasteiger partial charge is 0.263 e. The van der Waals surface area contributed by atoms with Crippen LogP contribution in [0.3, 0.4) is 0 Å². The molecule has 0 bridgehead atoms. The molecule has 1 aromatic heterocycles. The number of hydrogen-bond acceptors (Lipinski definition) is 5. The first-order chi connectivity index (χ1) is 6.70. The molecule has 0 atom stereocenters. The molecule has 0 radical (unpaired) electrons. The fourth-order valence-corrected chi connectivity index (χ4v) is 1.87. The number of urea groups is 1. The second-order valence-corrected chi connectivity index (χ2v) is 3.48. The van der Waals surface area contributed by atoms with E-state index in [4.69, 9.17) is 0 Å². The van der Waals surface area contributed by atoms with Crippen LogP contribution >= 0.6 is 11.3 Å². The van der Waals surface area contributed by atoms with Crippen LogP contribution in [0.15, 0.2) is 11.6 Å². The molecule has 0 N–H and O–H groups in total. The van der Waals surface area contributed by atoms with Gasteiger partial charge in [0.15, 0.2) is 10.2 Å². The van der Waals surface area contributed by atoms with E-state index in [1.165, 1.54) is 16.2 Å². The van der Waals surface area contributed by atoms with Gasteiger partial charge >= 0.3 is 6.03 Å². The maximum atomic E-state index is 11.4. The summed E-state index contributed by atoms with van der Waals surface area (Å²) in [6, 6.07) is -0.620. The van der Waals surface area contributed by atoms with E-state index in [1.54, 1.807) is 11.6 Å². The molecule has 2 heterocycles. The first-order valence-electron chi connectivity index (χ1n) is 3.83. The number of thiazole rings is 1. The minimum absolute atomic E-state index is 0.103. The van der Waals surface area contributed by atoms with Gasteiger partial charge in [0.2, 0.25) is 0 Å². The SMILES string of the molecule is O=C1N(c2nccs2)CCN1[N+](=O)[O-]. The van der Waals surface area contributed by atoms with Crippen molar-refractivity contribution in [1.29, 1.82) is 0 Å². The Morgan fingerprint density at radius 2 is 2.36 bits per heavy atom. The molecule has 1 saturated heterocycles. The molecule has 0 spiro atoms. The summed E-state index contributed by atoms with van der Waals surface area (Å²) in [5.41, 5.74) is 0. The summed E-state index contributed by atoms with van der Waals surface area (Å²) in [5.74, 6) is 0. The lowest BCUT2D eigenvalue weighted by Gasteiger charge is -2.09. The number of anilines is 1. The van der Waals surface area contributed by atoms with E-state index in [9.17, 15) is 14.9 Å². The second-order valence-electron chi connectivity index (χ2n) is 2.61. The van der Waals surface area contributed by atoms with Crippen molar-refractivity contribution in [3.05, 3.63) is 21.7 Å². The number of nitro groups is 1. The summed E-state index contributed by atoms with van der Waals surface area (Å²) in [5, 5.41) is 12.5. The number of aromatic nitrogens is 1. The molecule has 0 saturated carbocycles. The molecule has 74 valence electrons. The van der Waals surface area contributed by atoms with E-state index in [1.807, 2.05) is 0 Å². The minimum Gasteiger partial charge on any atom is -0.263 e. The summed E-state index contributed by atoms with van der Waals surface area (Å²) in [7, 11) is 0. The monoisotopic (exact) mass is 214 g/mol. The molecule has 1 aliphatic rings. The number of hydrazine groups is 1. The third-order valence-electron chi connectivity index (χ3n) is 1.83. The molecule has 14 heavy (non-hydrogen) atoms. The van der Waals surface area contributed by atoms with E-state index >= 15 is 0 Å². The summed E-state index contributed by atoms with van der Waals surface area (Å²) in [6.07, 6.45) is 1.56. The Labute approximate surface area is 82.7 Å². The van der Waals surface area contributed by atoms with E-state index in [0.717, 1.165) is 0 Å². The lowest BCUT2D eigenvalue weighted by molar-refractivity contribution is -0.628. The molecule has 7 nitrogen and oxygen atoms in total. The molecule has 0 unspecified atom stereocenters. The molecule has 2 rings (SSSR count). The zero-order valence-electron chi connectivity index (χ0n) is 6.99. The van der Waals surface area contributed by atoms with Gasteiger partial charge in [-0.05, 0) is 5.01 Å². The van der Waals surface area contributed by atoms with Crippen molar-refractivity contribution in [2.75, 3.05) is 18.0 Å². The van der Waals surface area contributed by atoms with Crippen LogP contribution in [-0.4, -0.2) is 34.1 Å². The van der Waals surface area contributed by atoms with Crippen LogP contribution in [0.5, 0.6) is 0 Å². The van der Waals surface area contributed by atoms with Gasteiger partial charge < -0.3 is 0 Å². The van der Waals surface area contributed by atoms with Gasteiger partial charge in [-0.1, -0.05) is 0 Å². The van der Waals surface area contributed by atoms with E-state index in [-0.39, 0.29) is 6.54 Å². The molecule has 8 heteroatoms. The van der Waals surface area contributed by atoms with Gasteiger partial charge in [0.25, 0.3) is 0 Å². The van der Waals surface area contributed by atoms with Crippen LogP contribution in [0.4, 0.5) is 9.93 Å². The van der Waals surface area contributed by atoms with Gasteiger partial charge in [-0.3, -0.25) is 4.90 Å². The highest BCUT2D eigenvalue weighted by Gasteiger charge is 2.38. The highest BCUT2D eigenvalue weighted by molar-refractivity contribution is 7.13. The van der Waals surface area contributed by atoms with Crippen molar-refractivity contribution < 1.29 is 9.83 Å². The van der Waals surface area contributed by atoms with E-state index in [0.29, 0.717) is 16.7 Å². The number of carbonyl (C=O) groups is 1. The Bertz CT molecular complexity index is 365. The Balaban J connectivity index is 2.19. The highest BCUT2D eigenvalue weighted by Crippen LogP contribution is 2.21. The van der Waals surface area contributed by atoms with Crippen LogP contribution in [0.25, 0.3) is 0 Å². The summed E-state index contributed by atoms with van der Waals surface area (Å²) in [6.45, 7) is 0.415. The van der Waals surface area contributed by atoms with Gasteiger partial charge in [-0.15, -0.1) is 11.3 Å². The maximum Gasteiger partial charge on any atom is 0.384 e. The zero-order valence-corrected chi connectivity index (χ0v) is 7.81. The molecule has 2 amide bonds. The van der Waals surface area contributed by atoms with Crippen molar-refractivity contribution in [3.63, 3.8) is 0 Å². The van der Waals surface area contributed by atoms with Crippen LogP contribution in [0, 0.1) is 10.1 Å². The Morgan fingerprint density at radius 3 is 2.86 bits per heavy atom. The molecular formula is C6H6N4O3S. The lowest BCUT2D eigenvalue weighted by Crippen LogP contribution is -2.35. The lowest BCUT2D eigenvalue weighted by atomic mass is 10.6. The number of rotatable bonds is 2. The first-order valence-corrected chi connectivity index (χ1v) is 4.71. The first kappa shape index (κ1) is 8.88. The van der Waals surface area contributed by atoms with E-state index < -0.39 is 11.1 Å². The molecule has 0 aliphatic carbocycles. The molecule has 0 aromatic carbocycles. The second kappa shape index (κ2) is 3.22. The third kappa shape index (κ3) is 1.29. The predicted octanol–water partition coefficient (Wildman–Crippen LogP) is 0.577. The normalized spacial score (nSPS) is 16.4. The zero-order chi connectivity index (χ0) is 10.1. The Morgan fingerprint density at radius 1 is 1.57 bits per heavy atom. The Kier molecular flexibility index (Phi) is 2.04. The highest BCUT2D eigenvalue weighted by atomic mass is 32.1. The van der Waals surface area contributed by atoms with Crippen LogP contribution < -0.4 is 4.90 Å². The number of amides is 2. The van der Waals surface area contributed by atoms with Gasteiger partial charge in [0.05, 0.1) is 6.54 Å². The fraction of sp³-hybridized carbons (Fsp3) is 0.333. The average Bonchev–Trinajstić information content (AvgIpc) is 2.71. The third-order valence-corrected chi connectivity index (χ3v) is 2.63. The van der Waals surface area contributed by atoms with Gasteiger partial charge in [-0.2, -0.15) is 0 Å². The minimum atomic E-state index is -0.698. The van der Waals surface area contributed by atoms with Gasteiger partial charge in [0, 0.05) is 11.6 Å². The molecule has 1 fully saturated rings. The average molecular weight is 214 g/mol. The van der Waals surface area contributed by atoms with Crippen LogP contribution in [0.1, 0.15) is 0 Å². The van der Waals surface area contributed by atoms with Crippen molar-refractivity contribution in [1.82, 2.24) is 9.99 Å².